The normalized spacial score (nSPS) is 22.3. The Hall–Kier alpha value is -4.32. The van der Waals surface area contributed by atoms with Crippen LogP contribution in [-0.4, -0.2) is 38.7 Å². The second kappa shape index (κ2) is 8.10. The summed E-state index contributed by atoms with van der Waals surface area (Å²) in [6.07, 6.45) is 3.54. The van der Waals surface area contributed by atoms with Crippen molar-refractivity contribution in [2.24, 2.45) is 5.92 Å². The summed E-state index contributed by atoms with van der Waals surface area (Å²) in [5, 5.41) is 5.66. The minimum atomic E-state index is -0.268. The number of benzene rings is 3. The summed E-state index contributed by atoms with van der Waals surface area (Å²) in [6, 6.07) is 26.9. The van der Waals surface area contributed by atoms with E-state index >= 15 is 0 Å². The first-order valence-corrected chi connectivity index (χ1v) is 12.6. The Morgan fingerprint density at radius 3 is 2.54 bits per heavy atom. The quantitative estimate of drug-likeness (QED) is 0.327. The fourth-order valence-corrected chi connectivity index (χ4v) is 6.54. The number of carbonyl (C=O) groups excluding carboxylic acids is 1. The lowest BCUT2D eigenvalue weighted by atomic mass is 9.86. The molecule has 1 aliphatic carbocycles. The highest BCUT2D eigenvalue weighted by Crippen LogP contribution is 2.69. The average Bonchev–Trinajstić information content (AvgIpc) is 3.19. The van der Waals surface area contributed by atoms with Gasteiger partial charge < -0.3 is 4.90 Å². The zero-order chi connectivity index (χ0) is 25.1. The number of pyridine rings is 1. The molecule has 3 heterocycles. The van der Waals surface area contributed by atoms with Crippen molar-refractivity contribution in [3.05, 3.63) is 126 Å². The maximum atomic E-state index is 13.5. The molecular formula is C31H25FN4O. The molecule has 0 N–H and O–H groups in total. The van der Waals surface area contributed by atoms with Gasteiger partial charge in [0.05, 0.1) is 17.4 Å². The number of aromatic nitrogens is 3. The predicted octanol–water partition coefficient (Wildman–Crippen LogP) is 5.68. The van der Waals surface area contributed by atoms with E-state index in [2.05, 4.69) is 53.4 Å². The van der Waals surface area contributed by atoms with Crippen LogP contribution in [0.15, 0.2) is 97.3 Å². The molecule has 0 bridgehead atoms. The minimum absolute atomic E-state index is 0.0122. The van der Waals surface area contributed by atoms with Crippen LogP contribution in [0, 0.1) is 18.7 Å². The Morgan fingerprint density at radius 1 is 1.00 bits per heavy atom. The lowest BCUT2D eigenvalue weighted by Gasteiger charge is -2.25. The van der Waals surface area contributed by atoms with Gasteiger partial charge in [0.15, 0.2) is 0 Å². The van der Waals surface area contributed by atoms with Crippen molar-refractivity contribution >= 4 is 16.8 Å². The molecule has 3 atom stereocenters. The zero-order valence-electron chi connectivity index (χ0n) is 20.4. The predicted molar refractivity (Wildman–Crippen MR) is 140 cm³/mol. The summed E-state index contributed by atoms with van der Waals surface area (Å²) in [5.74, 6) is 0.410. The number of piperidine rings is 1. The van der Waals surface area contributed by atoms with E-state index in [9.17, 15) is 9.18 Å². The highest BCUT2D eigenvalue weighted by molar-refractivity contribution is 5.93. The average molecular weight is 489 g/mol. The Labute approximate surface area is 214 Å². The van der Waals surface area contributed by atoms with Crippen LogP contribution in [0.2, 0.25) is 0 Å². The molecule has 2 aliphatic rings. The first-order valence-electron chi connectivity index (χ1n) is 12.6. The number of halogens is 1. The molecule has 2 fully saturated rings. The first-order chi connectivity index (χ1) is 18.1. The van der Waals surface area contributed by atoms with Crippen molar-refractivity contribution in [2.75, 3.05) is 13.1 Å². The number of nitrogens with zero attached hydrogens (tertiary/aromatic N) is 4. The molecule has 5 nitrogen and oxygen atoms in total. The fraction of sp³-hybridized carbons (Fsp3) is 0.194. The van der Waals surface area contributed by atoms with Crippen molar-refractivity contribution in [1.29, 1.82) is 0 Å². The molecule has 5 aromatic rings. The van der Waals surface area contributed by atoms with Gasteiger partial charge in [0.1, 0.15) is 11.5 Å². The van der Waals surface area contributed by atoms with Crippen LogP contribution in [0.4, 0.5) is 4.39 Å². The molecule has 7 rings (SSSR count). The van der Waals surface area contributed by atoms with Gasteiger partial charge in [-0.2, -0.15) is 5.10 Å². The lowest BCUT2D eigenvalue weighted by molar-refractivity contribution is 0.0763. The van der Waals surface area contributed by atoms with Crippen LogP contribution >= 0.6 is 0 Å². The number of carbonyl (C=O) groups is 1. The second-order valence-electron chi connectivity index (χ2n) is 10.2. The topological polar surface area (TPSA) is 51.0 Å². The monoisotopic (exact) mass is 488 g/mol. The summed E-state index contributed by atoms with van der Waals surface area (Å²) < 4.78 is 15.3. The molecule has 1 amide bonds. The maximum absolute atomic E-state index is 13.5. The molecule has 182 valence electrons. The van der Waals surface area contributed by atoms with Crippen LogP contribution in [0.5, 0.6) is 0 Å². The van der Waals surface area contributed by atoms with Crippen LogP contribution in [-0.2, 0) is 5.41 Å². The molecule has 37 heavy (non-hydrogen) atoms. The number of hydrogen-bond acceptors (Lipinski definition) is 3. The summed E-state index contributed by atoms with van der Waals surface area (Å²) in [5.41, 5.74) is 5.91. The molecule has 3 aromatic carbocycles. The van der Waals surface area contributed by atoms with Crippen LogP contribution in [0.1, 0.15) is 33.1 Å². The third kappa shape index (κ3) is 3.32. The highest BCUT2D eigenvalue weighted by atomic mass is 19.1. The van der Waals surface area contributed by atoms with Gasteiger partial charge in [-0.1, -0.05) is 36.4 Å². The Bertz CT molecular complexity index is 1630. The van der Waals surface area contributed by atoms with E-state index in [1.807, 2.05) is 34.0 Å². The summed E-state index contributed by atoms with van der Waals surface area (Å²) in [7, 11) is 0. The number of likely N-dealkylation sites (tertiary alicyclic amines) is 1. The highest BCUT2D eigenvalue weighted by Gasteiger charge is 2.71. The Kier molecular flexibility index (Phi) is 4.80. The van der Waals surface area contributed by atoms with Gasteiger partial charge in [-0.15, -0.1) is 0 Å². The largest absolute Gasteiger partial charge is 0.336 e. The number of amides is 1. The molecule has 2 aromatic heterocycles. The van der Waals surface area contributed by atoms with E-state index in [-0.39, 0.29) is 17.1 Å². The van der Waals surface area contributed by atoms with E-state index in [1.54, 1.807) is 24.4 Å². The second-order valence-corrected chi connectivity index (χ2v) is 10.2. The molecule has 0 radical (unpaired) electrons. The SMILES string of the molecule is Cc1cc2c(cnn2-c2ccc(F)cc2)cc1[C@@]12CN(C(=O)c3ccccn3)C[C@@H]1[C@H]2c1ccccc1. The van der Waals surface area contributed by atoms with Gasteiger partial charge in [-0.25, -0.2) is 9.07 Å². The molecular weight excluding hydrogens is 463 g/mol. The molecule has 0 spiro atoms. The Balaban J connectivity index is 1.31. The van der Waals surface area contributed by atoms with Gasteiger partial charge >= 0.3 is 0 Å². The molecule has 1 saturated heterocycles. The molecule has 0 unspecified atom stereocenters. The summed E-state index contributed by atoms with van der Waals surface area (Å²) in [6.45, 7) is 3.51. The molecule has 1 saturated carbocycles. The van der Waals surface area contributed by atoms with Gasteiger partial charge in [0, 0.05) is 36.0 Å². The lowest BCUT2D eigenvalue weighted by Crippen LogP contribution is -2.35. The third-order valence-electron chi connectivity index (χ3n) is 8.20. The van der Waals surface area contributed by atoms with Crippen molar-refractivity contribution < 1.29 is 9.18 Å². The first kappa shape index (κ1) is 21.9. The van der Waals surface area contributed by atoms with Crippen LogP contribution in [0.25, 0.3) is 16.6 Å². The van der Waals surface area contributed by atoms with Gasteiger partial charge in [0.25, 0.3) is 5.91 Å². The summed E-state index contributed by atoms with van der Waals surface area (Å²) >= 11 is 0. The van der Waals surface area contributed by atoms with Gasteiger partial charge in [0.2, 0.25) is 0 Å². The van der Waals surface area contributed by atoms with Crippen LogP contribution in [0.3, 0.4) is 0 Å². The van der Waals surface area contributed by atoms with Crippen LogP contribution < -0.4 is 0 Å². The molecule has 6 heteroatoms. The van der Waals surface area contributed by atoms with Crippen molar-refractivity contribution in [3.8, 4) is 5.69 Å². The van der Waals surface area contributed by atoms with E-state index in [4.69, 9.17) is 0 Å². The van der Waals surface area contributed by atoms with Gasteiger partial charge in [-0.3, -0.25) is 9.78 Å². The smallest absolute Gasteiger partial charge is 0.272 e. The molecule has 1 aliphatic heterocycles. The van der Waals surface area contributed by atoms with E-state index in [0.29, 0.717) is 30.6 Å². The number of rotatable bonds is 4. The van der Waals surface area contributed by atoms with E-state index in [1.165, 1.54) is 28.8 Å². The number of aryl methyl sites for hydroxylation is 1. The number of fused-ring (bicyclic) bond motifs is 2. The number of hydrogen-bond donors (Lipinski definition) is 0. The van der Waals surface area contributed by atoms with Crippen molar-refractivity contribution in [3.63, 3.8) is 0 Å². The van der Waals surface area contributed by atoms with E-state index < -0.39 is 0 Å². The van der Waals surface area contributed by atoms with Crippen molar-refractivity contribution in [1.82, 2.24) is 19.7 Å². The maximum Gasteiger partial charge on any atom is 0.272 e. The van der Waals surface area contributed by atoms with Crippen molar-refractivity contribution in [2.45, 2.75) is 18.3 Å². The third-order valence-corrected chi connectivity index (χ3v) is 8.20. The van der Waals surface area contributed by atoms with E-state index in [0.717, 1.165) is 16.6 Å². The Morgan fingerprint density at radius 2 is 1.78 bits per heavy atom. The zero-order valence-corrected chi connectivity index (χ0v) is 20.4. The standard InChI is InChI=1S/C31H25FN4O/c1-20-15-28-22(17-34-36(28)24-12-10-23(32)11-13-24)16-25(20)31-19-35(30(37)27-9-5-6-14-33-27)18-26(31)29(31)21-7-3-2-4-8-21/h2-17,26,29H,18-19H2,1H3/t26-,29-,31+/m1/s1. The summed E-state index contributed by atoms with van der Waals surface area (Å²) in [4.78, 5) is 19.6. The fourth-order valence-electron chi connectivity index (χ4n) is 6.54. The minimum Gasteiger partial charge on any atom is -0.336 e. The van der Waals surface area contributed by atoms with Gasteiger partial charge in [-0.05, 0) is 78.1 Å².